The first-order valence-electron chi connectivity index (χ1n) is 13.7. The molecule has 210 valence electrons. The van der Waals surface area contributed by atoms with E-state index in [0.717, 1.165) is 32.1 Å². The van der Waals surface area contributed by atoms with Crippen LogP contribution < -0.4 is 10.5 Å². The molecule has 6 rings (SSSR count). The van der Waals surface area contributed by atoms with Gasteiger partial charge in [-0.05, 0) is 51.7 Å². The average molecular weight is 560 g/mol. The molecular weight excluding hydrogens is 530 g/mol. The highest BCUT2D eigenvalue weighted by Gasteiger charge is 2.56. The summed E-state index contributed by atoms with van der Waals surface area (Å²) in [7, 11) is 0. The summed E-state index contributed by atoms with van der Waals surface area (Å²) in [6.45, 7) is 1.36. The summed E-state index contributed by atoms with van der Waals surface area (Å²) in [6, 6.07) is 34.9. The first-order valence-corrected chi connectivity index (χ1v) is 13.7. The van der Waals surface area contributed by atoms with Crippen LogP contribution in [0.5, 0.6) is 5.75 Å². The van der Waals surface area contributed by atoms with Crippen LogP contribution in [-0.2, 0) is 20.9 Å². The number of amides is 3. The number of benzene rings is 5. The summed E-state index contributed by atoms with van der Waals surface area (Å²) in [4.78, 5) is 40.6. The van der Waals surface area contributed by atoms with Crippen LogP contribution in [0.15, 0.2) is 115 Å². The molecule has 0 spiro atoms. The fraction of sp³-hybridized carbons (Fsp3) is 0.147. The fourth-order valence-electron chi connectivity index (χ4n) is 5.13. The average Bonchev–Trinajstić information content (AvgIpc) is 3.02. The highest BCUT2D eigenvalue weighted by atomic mass is 16.6. The van der Waals surface area contributed by atoms with Crippen molar-refractivity contribution in [2.45, 2.75) is 31.7 Å². The van der Waals surface area contributed by atoms with Gasteiger partial charge in [-0.2, -0.15) is 5.01 Å². The predicted octanol–water partition coefficient (Wildman–Crippen LogP) is 5.75. The second-order valence-corrected chi connectivity index (χ2v) is 10.3. The van der Waals surface area contributed by atoms with E-state index in [0.29, 0.717) is 16.3 Å². The SMILES string of the molecule is C[C@H](N)C(=O)N(C(=O)OCc1ccccc1)N1C(=O)[C@@H](c2ccc3ccccc3c2)[C@H]1Oc1ccc2ccccc2c1. The topological polar surface area (TPSA) is 102 Å². The van der Waals surface area contributed by atoms with Crippen LogP contribution in [-0.4, -0.2) is 40.2 Å². The monoisotopic (exact) mass is 559 g/mol. The van der Waals surface area contributed by atoms with Gasteiger partial charge in [0, 0.05) is 0 Å². The maximum Gasteiger partial charge on any atom is 0.436 e. The Morgan fingerprint density at radius 2 is 1.40 bits per heavy atom. The molecule has 1 heterocycles. The number of hydrogen-bond acceptors (Lipinski definition) is 6. The van der Waals surface area contributed by atoms with E-state index in [1.165, 1.54) is 6.92 Å². The van der Waals surface area contributed by atoms with Gasteiger partial charge < -0.3 is 15.2 Å². The Bertz CT molecular complexity index is 1790. The Balaban J connectivity index is 1.37. The minimum Gasteiger partial charge on any atom is -0.467 e. The minimum atomic E-state index is -1.08. The number of imide groups is 1. The lowest BCUT2D eigenvalue weighted by molar-refractivity contribution is -0.207. The predicted molar refractivity (Wildman–Crippen MR) is 159 cm³/mol. The molecule has 8 nitrogen and oxygen atoms in total. The van der Waals surface area contributed by atoms with Crippen LogP contribution in [0.1, 0.15) is 24.0 Å². The van der Waals surface area contributed by atoms with Crippen molar-refractivity contribution in [2.75, 3.05) is 0 Å². The minimum absolute atomic E-state index is 0.0886. The van der Waals surface area contributed by atoms with Crippen molar-refractivity contribution in [3.05, 3.63) is 126 Å². The third-order valence-corrected chi connectivity index (χ3v) is 7.32. The van der Waals surface area contributed by atoms with Crippen LogP contribution in [0.25, 0.3) is 21.5 Å². The number of rotatable bonds is 7. The third kappa shape index (κ3) is 5.15. The summed E-state index contributed by atoms with van der Waals surface area (Å²) in [5.74, 6) is -1.58. The summed E-state index contributed by atoms with van der Waals surface area (Å²) in [5, 5.41) is 5.65. The number of ether oxygens (including phenoxy) is 2. The van der Waals surface area contributed by atoms with E-state index < -0.39 is 36.1 Å². The molecule has 5 aromatic rings. The Labute approximate surface area is 242 Å². The van der Waals surface area contributed by atoms with Gasteiger partial charge in [0.2, 0.25) is 6.23 Å². The van der Waals surface area contributed by atoms with E-state index in [2.05, 4.69) is 0 Å². The van der Waals surface area contributed by atoms with E-state index in [1.807, 2.05) is 97.1 Å². The van der Waals surface area contributed by atoms with E-state index in [-0.39, 0.29) is 6.61 Å². The normalized spacial score (nSPS) is 17.0. The third-order valence-electron chi connectivity index (χ3n) is 7.32. The van der Waals surface area contributed by atoms with Crippen molar-refractivity contribution in [2.24, 2.45) is 5.73 Å². The molecule has 0 aliphatic carbocycles. The molecular formula is C34H29N3O5. The largest absolute Gasteiger partial charge is 0.467 e. The maximum absolute atomic E-state index is 13.9. The molecule has 1 fully saturated rings. The fourth-order valence-corrected chi connectivity index (χ4v) is 5.13. The van der Waals surface area contributed by atoms with Gasteiger partial charge in [-0.25, -0.2) is 4.79 Å². The smallest absolute Gasteiger partial charge is 0.436 e. The number of hydrogen-bond donors (Lipinski definition) is 1. The first kappa shape index (κ1) is 27.0. The highest BCUT2D eigenvalue weighted by Crippen LogP contribution is 2.40. The van der Waals surface area contributed by atoms with Gasteiger partial charge in [-0.1, -0.05) is 103 Å². The first-order chi connectivity index (χ1) is 20.4. The maximum atomic E-state index is 13.9. The van der Waals surface area contributed by atoms with Gasteiger partial charge >= 0.3 is 6.09 Å². The van der Waals surface area contributed by atoms with Gasteiger partial charge in [-0.15, -0.1) is 5.01 Å². The van der Waals surface area contributed by atoms with Gasteiger partial charge in [-0.3, -0.25) is 9.59 Å². The van der Waals surface area contributed by atoms with Crippen LogP contribution >= 0.6 is 0 Å². The Hall–Kier alpha value is -5.21. The number of β-lactam (4-membered cyclic amide) rings is 1. The quantitative estimate of drug-likeness (QED) is 0.255. The number of nitrogens with zero attached hydrogens (tertiary/aromatic N) is 2. The summed E-state index contributed by atoms with van der Waals surface area (Å²) >= 11 is 0. The summed E-state index contributed by atoms with van der Waals surface area (Å²) in [5.41, 5.74) is 7.36. The second-order valence-electron chi connectivity index (χ2n) is 10.3. The molecule has 1 saturated heterocycles. The zero-order valence-electron chi connectivity index (χ0n) is 22.9. The van der Waals surface area contributed by atoms with Crippen molar-refractivity contribution < 1.29 is 23.9 Å². The van der Waals surface area contributed by atoms with Crippen molar-refractivity contribution in [1.29, 1.82) is 0 Å². The molecule has 0 aromatic heterocycles. The molecule has 3 amide bonds. The lowest BCUT2D eigenvalue weighted by Crippen LogP contribution is -2.71. The van der Waals surface area contributed by atoms with Crippen LogP contribution in [0.4, 0.5) is 4.79 Å². The molecule has 0 saturated carbocycles. The van der Waals surface area contributed by atoms with Crippen molar-refractivity contribution in [3.63, 3.8) is 0 Å². The van der Waals surface area contributed by atoms with Crippen molar-refractivity contribution in [1.82, 2.24) is 10.0 Å². The number of carbonyl (C=O) groups is 3. The van der Waals surface area contributed by atoms with Gasteiger partial charge in [0.1, 0.15) is 18.3 Å². The number of fused-ring (bicyclic) bond motifs is 2. The van der Waals surface area contributed by atoms with Crippen molar-refractivity contribution in [3.8, 4) is 5.75 Å². The van der Waals surface area contributed by atoms with Crippen LogP contribution in [0.3, 0.4) is 0 Å². The lowest BCUT2D eigenvalue weighted by atomic mass is 9.87. The van der Waals surface area contributed by atoms with Gasteiger partial charge in [0.05, 0.1) is 6.04 Å². The summed E-state index contributed by atoms with van der Waals surface area (Å²) < 4.78 is 11.9. The number of carbonyl (C=O) groups excluding carboxylic acids is 3. The molecule has 1 aliphatic heterocycles. The van der Waals surface area contributed by atoms with E-state index in [1.54, 1.807) is 18.2 Å². The molecule has 0 radical (unpaired) electrons. The standard InChI is InChI=1S/C34H29N3O5/c1-22(35)31(38)37(34(40)41-21-23-9-3-2-4-10-23)36-32(39)30(28-16-15-24-11-5-7-13-26(24)19-28)33(36)42-29-18-17-25-12-6-8-14-27(25)20-29/h2-20,22,30,33H,21,35H2,1H3/t22-,30+,33+/m0/s1. The van der Waals surface area contributed by atoms with Crippen molar-refractivity contribution >= 4 is 39.5 Å². The van der Waals surface area contributed by atoms with Gasteiger partial charge in [0.15, 0.2) is 0 Å². The Kier molecular flexibility index (Phi) is 7.29. The zero-order valence-corrected chi connectivity index (χ0v) is 22.9. The molecule has 3 atom stereocenters. The molecule has 1 aliphatic rings. The number of nitrogens with two attached hydrogens (primary N) is 1. The molecule has 8 heteroatoms. The molecule has 5 aromatic carbocycles. The lowest BCUT2D eigenvalue weighted by Gasteiger charge is -2.49. The molecule has 0 unspecified atom stereocenters. The highest BCUT2D eigenvalue weighted by molar-refractivity contribution is 6.00. The van der Waals surface area contributed by atoms with E-state index in [9.17, 15) is 14.4 Å². The van der Waals surface area contributed by atoms with Crippen LogP contribution in [0, 0.1) is 0 Å². The van der Waals surface area contributed by atoms with E-state index in [4.69, 9.17) is 15.2 Å². The van der Waals surface area contributed by atoms with Crippen LogP contribution in [0.2, 0.25) is 0 Å². The molecule has 0 bridgehead atoms. The Morgan fingerprint density at radius 1 is 0.810 bits per heavy atom. The van der Waals surface area contributed by atoms with E-state index >= 15 is 0 Å². The second kappa shape index (κ2) is 11.3. The zero-order chi connectivity index (χ0) is 29.2. The molecule has 2 N–H and O–H groups in total. The Morgan fingerprint density at radius 3 is 2.07 bits per heavy atom. The van der Waals surface area contributed by atoms with Gasteiger partial charge in [0.25, 0.3) is 11.8 Å². The molecule has 42 heavy (non-hydrogen) atoms. The summed E-state index contributed by atoms with van der Waals surface area (Å²) in [6.07, 6.45) is -2.04. The number of hydrazine groups is 1.